The minimum atomic E-state index is -0.698. The van der Waals surface area contributed by atoms with E-state index in [-0.39, 0.29) is 29.2 Å². The van der Waals surface area contributed by atoms with Crippen LogP contribution in [0.2, 0.25) is 0 Å². The third kappa shape index (κ3) is 6.22. The van der Waals surface area contributed by atoms with Crippen LogP contribution >= 0.6 is 0 Å². The molecule has 0 bridgehead atoms. The van der Waals surface area contributed by atoms with Gasteiger partial charge in [0.2, 0.25) is 5.88 Å². The number of aryl methyl sites for hydroxylation is 1. The van der Waals surface area contributed by atoms with E-state index in [1.165, 1.54) is 4.90 Å². The maximum atomic E-state index is 13.3. The average molecular weight is 653 g/mol. The molecular formula is C36H44N8O4. The molecule has 2 aromatic carbocycles. The van der Waals surface area contributed by atoms with Crippen molar-refractivity contribution >= 4 is 34.9 Å². The number of nitrogens with two attached hydrogens (primary N) is 1. The molecule has 4 heterocycles. The number of hydrogen-bond donors (Lipinski definition) is 2. The fourth-order valence-electron chi connectivity index (χ4n) is 7.60. The third-order valence-corrected chi connectivity index (χ3v) is 10.4. The summed E-state index contributed by atoms with van der Waals surface area (Å²) >= 11 is 0. The van der Waals surface area contributed by atoms with Gasteiger partial charge in [-0.1, -0.05) is 19.1 Å². The molecule has 3 aromatic rings. The zero-order valence-corrected chi connectivity index (χ0v) is 27.7. The topological polar surface area (TPSA) is 137 Å². The van der Waals surface area contributed by atoms with E-state index in [0.717, 1.165) is 69.9 Å². The van der Waals surface area contributed by atoms with Crippen molar-refractivity contribution in [3.63, 3.8) is 0 Å². The predicted octanol–water partition coefficient (Wildman–Crippen LogP) is 3.69. The van der Waals surface area contributed by atoms with Gasteiger partial charge in [-0.15, -0.1) is 0 Å². The van der Waals surface area contributed by atoms with Crippen LogP contribution < -0.4 is 20.7 Å². The predicted molar refractivity (Wildman–Crippen MR) is 183 cm³/mol. The molecule has 1 aromatic heterocycles. The van der Waals surface area contributed by atoms with Crippen molar-refractivity contribution in [1.82, 2.24) is 24.7 Å². The first-order valence-corrected chi connectivity index (χ1v) is 17.2. The zero-order chi connectivity index (χ0) is 33.4. The quantitative estimate of drug-likeness (QED) is 0.329. The number of anilines is 3. The van der Waals surface area contributed by atoms with Crippen molar-refractivity contribution in [1.29, 1.82) is 0 Å². The Morgan fingerprint density at radius 1 is 0.896 bits per heavy atom. The number of piperazine rings is 1. The second-order valence-electron chi connectivity index (χ2n) is 13.3. The van der Waals surface area contributed by atoms with Gasteiger partial charge in [-0.05, 0) is 82.0 Å². The SMILES string of the molecule is CCc1nc(C(N)=O)c(Nc2ccc(N3CCC(N4CCN(C)CC4)CC3)cc2)nc1O[C@@H]1CCC[C@H]1N1C(=O)c2ccccc2C1=O. The number of imide groups is 1. The number of aromatic nitrogens is 2. The number of nitrogens with zero attached hydrogens (tertiary/aromatic N) is 6. The standard InChI is InChI=1S/C36H44N8O4/c1-3-28-34(48-30-10-6-9-29(30)44-35(46)26-7-4-5-8-27(26)36(44)47)40-33(31(39-28)32(37)45)38-23-11-13-24(14-12-23)42-17-15-25(16-18-42)43-21-19-41(2)20-22-43/h4-5,7-8,11-14,25,29-30H,3,6,9-10,15-22H2,1-2H3,(H2,37,45)(H,38,40)/t29-,30-/m1/s1. The Morgan fingerprint density at radius 2 is 1.56 bits per heavy atom. The molecule has 3 amide bonds. The number of rotatable bonds is 9. The van der Waals surface area contributed by atoms with Crippen LogP contribution in [0, 0.1) is 0 Å². The second kappa shape index (κ2) is 13.5. The Morgan fingerprint density at radius 3 is 2.19 bits per heavy atom. The summed E-state index contributed by atoms with van der Waals surface area (Å²) in [5, 5.41) is 3.24. The Bertz CT molecular complexity index is 1650. The lowest BCUT2D eigenvalue weighted by atomic mass is 10.0. The maximum absolute atomic E-state index is 13.3. The molecule has 12 heteroatoms. The highest BCUT2D eigenvalue weighted by Gasteiger charge is 2.45. The summed E-state index contributed by atoms with van der Waals surface area (Å²) < 4.78 is 6.46. The van der Waals surface area contributed by atoms with E-state index in [1.54, 1.807) is 24.3 Å². The molecule has 0 spiro atoms. The molecular weight excluding hydrogens is 608 g/mol. The molecule has 1 aliphatic carbocycles. The lowest BCUT2D eigenvalue weighted by molar-refractivity contribution is 0.0449. The zero-order valence-electron chi connectivity index (χ0n) is 27.7. The van der Waals surface area contributed by atoms with Crippen LogP contribution in [0.1, 0.15) is 75.9 Å². The first-order valence-electron chi connectivity index (χ1n) is 17.2. The van der Waals surface area contributed by atoms with Crippen LogP contribution in [-0.2, 0) is 6.42 Å². The summed E-state index contributed by atoms with van der Waals surface area (Å²) in [7, 11) is 2.20. The average Bonchev–Trinajstić information content (AvgIpc) is 3.66. The summed E-state index contributed by atoms with van der Waals surface area (Å²) in [4.78, 5) is 57.1. The van der Waals surface area contributed by atoms with Crippen LogP contribution in [0.15, 0.2) is 48.5 Å². The maximum Gasteiger partial charge on any atom is 0.271 e. The largest absolute Gasteiger partial charge is 0.471 e. The number of nitrogens with one attached hydrogen (secondary N) is 1. The molecule has 2 saturated heterocycles. The lowest BCUT2D eigenvalue weighted by Crippen LogP contribution is -2.52. The first-order chi connectivity index (χ1) is 23.3. The summed E-state index contributed by atoms with van der Waals surface area (Å²) in [5.74, 6) is -0.834. The fourth-order valence-corrected chi connectivity index (χ4v) is 7.60. The minimum Gasteiger partial charge on any atom is -0.471 e. The van der Waals surface area contributed by atoms with E-state index in [2.05, 4.69) is 44.2 Å². The number of amides is 3. The number of carbonyl (C=O) groups excluding carboxylic acids is 3. The summed E-state index contributed by atoms with van der Waals surface area (Å²) in [6.07, 6.45) is 4.38. The third-order valence-electron chi connectivity index (χ3n) is 10.4. The Balaban J connectivity index is 1.05. The van der Waals surface area contributed by atoms with Gasteiger partial charge >= 0.3 is 0 Å². The number of primary amides is 1. The molecule has 0 unspecified atom stereocenters. The normalized spacial score (nSPS) is 22.3. The van der Waals surface area contributed by atoms with Gasteiger partial charge in [0.25, 0.3) is 17.7 Å². The molecule has 2 atom stereocenters. The van der Waals surface area contributed by atoms with E-state index < -0.39 is 18.1 Å². The molecule has 3 N–H and O–H groups in total. The summed E-state index contributed by atoms with van der Waals surface area (Å²) in [6.45, 7) is 8.52. The van der Waals surface area contributed by atoms with Crippen molar-refractivity contribution in [2.75, 3.05) is 56.5 Å². The van der Waals surface area contributed by atoms with Gasteiger partial charge in [0.15, 0.2) is 11.5 Å². The smallest absolute Gasteiger partial charge is 0.271 e. The van der Waals surface area contributed by atoms with E-state index in [0.29, 0.717) is 42.1 Å². The van der Waals surface area contributed by atoms with Gasteiger partial charge in [-0.3, -0.25) is 24.2 Å². The summed E-state index contributed by atoms with van der Waals surface area (Å²) in [6, 6.07) is 15.2. The number of ether oxygens (including phenoxy) is 1. The molecule has 252 valence electrons. The van der Waals surface area contributed by atoms with Crippen molar-refractivity contribution < 1.29 is 19.1 Å². The molecule has 1 saturated carbocycles. The highest BCUT2D eigenvalue weighted by Crippen LogP contribution is 2.35. The summed E-state index contributed by atoms with van der Waals surface area (Å²) in [5.41, 5.74) is 9.00. The van der Waals surface area contributed by atoms with Crippen LogP contribution in [0.3, 0.4) is 0 Å². The van der Waals surface area contributed by atoms with Crippen LogP contribution in [0.25, 0.3) is 0 Å². The molecule has 0 radical (unpaired) electrons. The number of hydrogen-bond acceptors (Lipinski definition) is 10. The molecule has 12 nitrogen and oxygen atoms in total. The first kappa shape index (κ1) is 32.0. The van der Waals surface area contributed by atoms with E-state index >= 15 is 0 Å². The minimum absolute atomic E-state index is 0.0255. The van der Waals surface area contributed by atoms with Gasteiger partial charge < -0.3 is 25.6 Å². The van der Waals surface area contributed by atoms with Gasteiger partial charge in [0.05, 0.1) is 17.2 Å². The molecule has 3 aliphatic heterocycles. The molecule has 7 rings (SSSR count). The van der Waals surface area contributed by atoms with Gasteiger partial charge in [-0.25, -0.2) is 4.98 Å². The fraction of sp³-hybridized carbons (Fsp3) is 0.472. The number of benzene rings is 2. The van der Waals surface area contributed by atoms with Crippen LogP contribution in [0.4, 0.5) is 17.2 Å². The van der Waals surface area contributed by atoms with Crippen molar-refractivity contribution in [3.8, 4) is 5.88 Å². The lowest BCUT2D eigenvalue weighted by Gasteiger charge is -2.42. The van der Waals surface area contributed by atoms with Crippen LogP contribution in [0.5, 0.6) is 5.88 Å². The van der Waals surface area contributed by atoms with Crippen LogP contribution in [-0.4, -0.2) is 107 Å². The van der Waals surface area contributed by atoms with Gasteiger partial charge in [0.1, 0.15) is 11.8 Å². The molecule has 4 aliphatic rings. The second-order valence-corrected chi connectivity index (χ2v) is 13.3. The van der Waals surface area contributed by atoms with E-state index in [4.69, 9.17) is 15.5 Å². The number of carbonyl (C=O) groups is 3. The number of fused-ring (bicyclic) bond motifs is 1. The highest BCUT2D eigenvalue weighted by atomic mass is 16.5. The molecule has 48 heavy (non-hydrogen) atoms. The Kier molecular flexibility index (Phi) is 9.02. The Hall–Kier alpha value is -4.55. The highest BCUT2D eigenvalue weighted by molar-refractivity contribution is 6.21. The van der Waals surface area contributed by atoms with Crippen molar-refractivity contribution in [3.05, 3.63) is 71.0 Å². The number of likely N-dealkylation sites (N-methyl/N-ethyl adjacent to an activating group) is 1. The van der Waals surface area contributed by atoms with E-state index in [1.807, 2.05) is 19.1 Å². The number of piperidine rings is 1. The van der Waals surface area contributed by atoms with E-state index in [9.17, 15) is 14.4 Å². The van der Waals surface area contributed by atoms with Gasteiger partial charge in [0, 0.05) is 56.7 Å². The van der Waals surface area contributed by atoms with Crippen molar-refractivity contribution in [2.45, 2.75) is 63.6 Å². The molecule has 3 fully saturated rings. The van der Waals surface area contributed by atoms with Crippen molar-refractivity contribution in [2.24, 2.45) is 5.73 Å². The monoisotopic (exact) mass is 652 g/mol. The Labute approximate surface area is 281 Å². The van der Waals surface area contributed by atoms with Gasteiger partial charge in [-0.2, -0.15) is 4.98 Å².